The first-order valence-electron chi connectivity index (χ1n) is 7.22. The first kappa shape index (κ1) is 16.7. The Kier molecular flexibility index (Phi) is 4.41. The van der Waals surface area contributed by atoms with Crippen molar-refractivity contribution in [2.75, 3.05) is 11.1 Å². The monoisotopic (exact) mass is 364 g/mol. The minimum atomic E-state index is -0.410. The van der Waals surface area contributed by atoms with Crippen LogP contribution in [0, 0.1) is 6.92 Å². The normalized spacial score (nSPS) is 11.2. The fourth-order valence-electron chi connectivity index (χ4n) is 2.33. The fourth-order valence-corrected chi connectivity index (χ4v) is 3.99. The number of fused-ring (bicyclic) bond motifs is 1. The van der Waals surface area contributed by atoms with Crippen molar-refractivity contribution >= 4 is 45.0 Å². The van der Waals surface area contributed by atoms with Gasteiger partial charge in [0, 0.05) is 20.3 Å². The van der Waals surface area contributed by atoms with E-state index in [0.717, 1.165) is 20.2 Å². The van der Waals surface area contributed by atoms with Gasteiger partial charge in [0.05, 0.1) is 5.69 Å². The lowest BCUT2D eigenvalue weighted by molar-refractivity contribution is 0.707. The van der Waals surface area contributed by atoms with Gasteiger partial charge in [0.15, 0.2) is 9.99 Å². The first-order valence-corrected chi connectivity index (χ1v) is 9.03. The molecule has 126 valence electrons. The predicted octanol–water partition coefficient (Wildman–Crippen LogP) is 1.65. The van der Waals surface area contributed by atoms with Crippen LogP contribution in [0.3, 0.4) is 0 Å². The summed E-state index contributed by atoms with van der Waals surface area (Å²) in [7, 11) is 3.05. The molecule has 1 N–H and O–H groups in total. The molecule has 8 nitrogen and oxygen atoms in total. The number of aryl methyl sites for hydroxylation is 2. The molecule has 3 aromatic rings. The standard InChI is InChI=1S/C14H16N6O2S2/c1-5-23-13-18-17-12(24-13)16-9-7(2)6-15-10-8(9)11(21)20(4)14(22)19(10)3/h6H,5H2,1-4H3,(H,15,16,17). The van der Waals surface area contributed by atoms with Crippen molar-refractivity contribution in [2.45, 2.75) is 18.2 Å². The third-order valence-electron chi connectivity index (χ3n) is 3.56. The van der Waals surface area contributed by atoms with Gasteiger partial charge in [-0.15, -0.1) is 10.2 Å². The summed E-state index contributed by atoms with van der Waals surface area (Å²) >= 11 is 3.02. The molecule has 0 spiro atoms. The first-order chi connectivity index (χ1) is 11.4. The maximum absolute atomic E-state index is 12.6. The summed E-state index contributed by atoms with van der Waals surface area (Å²) in [5.74, 6) is 0.911. The molecular weight excluding hydrogens is 348 g/mol. The molecule has 0 fully saturated rings. The molecule has 0 radical (unpaired) electrons. The summed E-state index contributed by atoms with van der Waals surface area (Å²) in [4.78, 5) is 28.9. The lowest BCUT2D eigenvalue weighted by Gasteiger charge is -2.12. The average Bonchev–Trinajstić information content (AvgIpc) is 3.00. The molecule has 0 atom stereocenters. The van der Waals surface area contributed by atoms with Crippen molar-refractivity contribution in [3.05, 3.63) is 32.6 Å². The van der Waals surface area contributed by atoms with Crippen molar-refractivity contribution in [3.63, 3.8) is 0 Å². The quantitative estimate of drug-likeness (QED) is 0.703. The largest absolute Gasteiger partial charge is 0.332 e. The minimum Gasteiger partial charge on any atom is -0.329 e. The van der Waals surface area contributed by atoms with Crippen LogP contribution in [0.1, 0.15) is 12.5 Å². The van der Waals surface area contributed by atoms with E-state index in [1.807, 2.05) is 13.8 Å². The van der Waals surface area contributed by atoms with Gasteiger partial charge in [-0.05, 0) is 18.2 Å². The zero-order chi connectivity index (χ0) is 17.4. The summed E-state index contributed by atoms with van der Waals surface area (Å²) in [6.45, 7) is 3.89. The van der Waals surface area contributed by atoms with Crippen LogP contribution in [0.5, 0.6) is 0 Å². The molecule has 0 aromatic carbocycles. The van der Waals surface area contributed by atoms with Gasteiger partial charge in [-0.1, -0.05) is 30.0 Å². The van der Waals surface area contributed by atoms with Crippen molar-refractivity contribution in [3.8, 4) is 0 Å². The molecule has 0 saturated carbocycles. The van der Waals surface area contributed by atoms with E-state index >= 15 is 0 Å². The Labute approximate surface area is 145 Å². The number of aromatic nitrogens is 5. The van der Waals surface area contributed by atoms with E-state index in [0.29, 0.717) is 21.9 Å². The Bertz CT molecular complexity index is 1040. The van der Waals surface area contributed by atoms with Crippen LogP contribution in [0.25, 0.3) is 11.0 Å². The van der Waals surface area contributed by atoms with Gasteiger partial charge >= 0.3 is 5.69 Å². The molecule has 3 heterocycles. The molecule has 24 heavy (non-hydrogen) atoms. The fraction of sp³-hybridized carbons (Fsp3) is 0.357. The molecule has 0 aliphatic carbocycles. The molecule has 10 heteroatoms. The molecule has 0 aliphatic rings. The van der Waals surface area contributed by atoms with E-state index in [2.05, 4.69) is 20.5 Å². The number of hydrogen-bond donors (Lipinski definition) is 1. The minimum absolute atomic E-state index is 0.337. The lowest BCUT2D eigenvalue weighted by Crippen LogP contribution is -2.37. The second-order valence-corrected chi connectivity index (χ2v) is 7.64. The summed E-state index contributed by atoms with van der Waals surface area (Å²) in [5.41, 5.74) is 0.925. The van der Waals surface area contributed by atoms with Crippen LogP contribution < -0.4 is 16.6 Å². The Morgan fingerprint density at radius 1 is 1.25 bits per heavy atom. The summed E-state index contributed by atoms with van der Waals surface area (Å²) < 4.78 is 3.30. The highest BCUT2D eigenvalue weighted by Crippen LogP contribution is 2.30. The van der Waals surface area contributed by atoms with Gasteiger partial charge < -0.3 is 5.32 Å². The van der Waals surface area contributed by atoms with Gasteiger partial charge in [0.25, 0.3) is 5.56 Å². The lowest BCUT2D eigenvalue weighted by atomic mass is 10.2. The number of nitrogens with one attached hydrogen (secondary N) is 1. The second kappa shape index (κ2) is 6.36. The predicted molar refractivity (Wildman–Crippen MR) is 96.6 cm³/mol. The molecule has 3 aromatic heterocycles. The van der Waals surface area contributed by atoms with Crippen LogP contribution in [0.2, 0.25) is 0 Å². The third-order valence-corrected chi connectivity index (χ3v) is 5.42. The molecule has 0 aliphatic heterocycles. The van der Waals surface area contributed by atoms with Crippen LogP contribution in [-0.2, 0) is 14.1 Å². The topological polar surface area (TPSA) is 94.7 Å². The summed E-state index contributed by atoms with van der Waals surface area (Å²) in [6, 6.07) is 0. The number of rotatable bonds is 4. The SMILES string of the molecule is CCSc1nnc(Nc2c(C)cnc3c2c(=O)n(C)c(=O)n3C)s1. The van der Waals surface area contributed by atoms with E-state index in [1.165, 1.54) is 23.0 Å². The number of anilines is 2. The molecule has 0 bridgehead atoms. The maximum Gasteiger partial charge on any atom is 0.332 e. The third kappa shape index (κ3) is 2.71. The number of nitrogens with zero attached hydrogens (tertiary/aromatic N) is 5. The van der Waals surface area contributed by atoms with Gasteiger partial charge in [-0.3, -0.25) is 13.9 Å². The average molecular weight is 364 g/mol. The van der Waals surface area contributed by atoms with Crippen LogP contribution in [0.4, 0.5) is 10.8 Å². The molecule has 3 rings (SSSR count). The van der Waals surface area contributed by atoms with Gasteiger partial charge in [0.1, 0.15) is 5.39 Å². The van der Waals surface area contributed by atoms with Gasteiger partial charge in [-0.2, -0.15) is 0 Å². The van der Waals surface area contributed by atoms with Crippen LogP contribution in [0.15, 0.2) is 20.1 Å². The maximum atomic E-state index is 12.6. The Hall–Kier alpha value is -2.20. The van der Waals surface area contributed by atoms with Crippen molar-refractivity contribution < 1.29 is 0 Å². The highest BCUT2D eigenvalue weighted by atomic mass is 32.2. The van der Waals surface area contributed by atoms with Crippen molar-refractivity contribution in [1.29, 1.82) is 0 Å². The molecule has 0 saturated heterocycles. The Morgan fingerprint density at radius 2 is 2.00 bits per heavy atom. The van der Waals surface area contributed by atoms with Gasteiger partial charge in [0.2, 0.25) is 5.13 Å². The Balaban J connectivity index is 2.21. The smallest absolute Gasteiger partial charge is 0.329 e. The highest BCUT2D eigenvalue weighted by molar-refractivity contribution is 8.01. The summed E-state index contributed by atoms with van der Waals surface area (Å²) in [5, 5.41) is 12.3. The van der Waals surface area contributed by atoms with Crippen molar-refractivity contribution in [1.82, 2.24) is 24.3 Å². The molecule has 0 unspecified atom stereocenters. The van der Waals surface area contributed by atoms with E-state index in [9.17, 15) is 9.59 Å². The van der Waals surface area contributed by atoms with E-state index < -0.39 is 5.69 Å². The summed E-state index contributed by atoms with van der Waals surface area (Å²) in [6.07, 6.45) is 1.63. The van der Waals surface area contributed by atoms with Gasteiger partial charge in [-0.25, -0.2) is 9.78 Å². The zero-order valence-electron chi connectivity index (χ0n) is 13.7. The van der Waals surface area contributed by atoms with E-state index in [-0.39, 0.29) is 5.56 Å². The number of pyridine rings is 1. The van der Waals surface area contributed by atoms with Crippen LogP contribution in [-0.4, -0.2) is 30.1 Å². The number of hydrogen-bond acceptors (Lipinski definition) is 8. The van der Waals surface area contributed by atoms with E-state index in [4.69, 9.17) is 0 Å². The van der Waals surface area contributed by atoms with E-state index in [1.54, 1.807) is 25.0 Å². The zero-order valence-corrected chi connectivity index (χ0v) is 15.3. The highest BCUT2D eigenvalue weighted by Gasteiger charge is 2.17. The molecule has 0 amide bonds. The Morgan fingerprint density at radius 3 is 2.71 bits per heavy atom. The second-order valence-electron chi connectivity index (χ2n) is 5.15. The van der Waals surface area contributed by atoms with Crippen molar-refractivity contribution in [2.24, 2.45) is 14.1 Å². The number of thioether (sulfide) groups is 1. The molecular formula is C14H16N6O2S2. The van der Waals surface area contributed by atoms with Crippen LogP contribution >= 0.6 is 23.1 Å².